The van der Waals surface area contributed by atoms with E-state index in [0.29, 0.717) is 24.5 Å². The average Bonchev–Trinajstić information content (AvgIpc) is 3.21. The molecule has 1 saturated heterocycles. The average molecular weight is 502 g/mol. The van der Waals surface area contributed by atoms with Crippen LogP contribution in [-0.4, -0.2) is 23.7 Å². The third-order valence-corrected chi connectivity index (χ3v) is 6.80. The Kier molecular flexibility index (Phi) is 8.03. The summed E-state index contributed by atoms with van der Waals surface area (Å²) in [5.41, 5.74) is 2.05. The molecule has 1 heterocycles. The standard InChI is InChI=1S/C28H24FN3O3S/c1-2-35-23-14-12-22(13-15-23)32-27(34)25(16-19-8-10-21(29)11-9-19)36-28(32)24(17-30)26(33)31-18-20-6-4-3-5-7-20/h3-15,25H,2,16,18H2,1H3,(H,31,33)/b28-24-. The van der Waals surface area contributed by atoms with Gasteiger partial charge in [0, 0.05) is 12.2 Å². The number of carbonyl (C=O) groups is 2. The zero-order chi connectivity index (χ0) is 25.5. The van der Waals surface area contributed by atoms with E-state index in [1.165, 1.54) is 28.8 Å². The molecule has 182 valence electrons. The Balaban J connectivity index is 1.66. The molecule has 8 heteroatoms. The fraction of sp³-hybridized carbons (Fsp3) is 0.179. The van der Waals surface area contributed by atoms with Crippen LogP contribution in [0.5, 0.6) is 5.75 Å². The van der Waals surface area contributed by atoms with Crippen molar-refractivity contribution in [1.82, 2.24) is 5.32 Å². The van der Waals surface area contributed by atoms with Gasteiger partial charge >= 0.3 is 0 Å². The number of rotatable bonds is 8. The highest BCUT2D eigenvalue weighted by Gasteiger charge is 2.40. The Bertz CT molecular complexity index is 1300. The normalized spacial score (nSPS) is 16.4. The second-order valence-electron chi connectivity index (χ2n) is 8.00. The summed E-state index contributed by atoms with van der Waals surface area (Å²) < 4.78 is 18.9. The summed E-state index contributed by atoms with van der Waals surface area (Å²) in [6.07, 6.45) is 0.325. The van der Waals surface area contributed by atoms with Gasteiger partial charge in [0.05, 0.1) is 11.9 Å². The molecule has 0 aliphatic carbocycles. The van der Waals surface area contributed by atoms with Crippen molar-refractivity contribution in [2.45, 2.75) is 25.1 Å². The molecule has 0 bridgehead atoms. The van der Waals surface area contributed by atoms with Crippen LogP contribution < -0.4 is 15.0 Å². The highest BCUT2D eigenvalue weighted by Crippen LogP contribution is 2.42. The first-order valence-electron chi connectivity index (χ1n) is 11.4. The van der Waals surface area contributed by atoms with E-state index in [1.54, 1.807) is 36.4 Å². The van der Waals surface area contributed by atoms with Gasteiger partial charge in [0.15, 0.2) is 0 Å². The lowest BCUT2D eigenvalue weighted by molar-refractivity contribution is -0.117. The van der Waals surface area contributed by atoms with Crippen molar-refractivity contribution in [3.8, 4) is 11.8 Å². The Hall–Kier alpha value is -4.09. The maximum absolute atomic E-state index is 13.5. The molecule has 1 N–H and O–H groups in total. The number of hydrogen-bond acceptors (Lipinski definition) is 5. The number of ether oxygens (including phenoxy) is 1. The number of thioether (sulfide) groups is 1. The number of halogens is 1. The lowest BCUT2D eigenvalue weighted by atomic mass is 10.1. The van der Waals surface area contributed by atoms with Crippen molar-refractivity contribution >= 4 is 29.3 Å². The smallest absolute Gasteiger partial charge is 0.264 e. The molecule has 1 aliphatic rings. The second-order valence-corrected chi connectivity index (χ2v) is 9.19. The summed E-state index contributed by atoms with van der Waals surface area (Å²) in [7, 11) is 0. The Morgan fingerprint density at radius 2 is 1.75 bits per heavy atom. The van der Waals surface area contributed by atoms with E-state index < -0.39 is 11.2 Å². The summed E-state index contributed by atoms with van der Waals surface area (Å²) in [6, 6.07) is 24.2. The molecule has 1 fully saturated rings. The van der Waals surface area contributed by atoms with Crippen molar-refractivity contribution in [3.63, 3.8) is 0 Å². The largest absolute Gasteiger partial charge is 0.494 e. The molecule has 36 heavy (non-hydrogen) atoms. The van der Waals surface area contributed by atoms with Crippen LogP contribution in [0.2, 0.25) is 0 Å². The number of anilines is 1. The van der Waals surface area contributed by atoms with Crippen molar-refractivity contribution in [3.05, 3.63) is 106 Å². The van der Waals surface area contributed by atoms with Gasteiger partial charge in [-0.2, -0.15) is 5.26 Å². The predicted octanol–water partition coefficient (Wildman–Crippen LogP) is 4.97. The van der Waals surface area contributed by atoms with Crippen LogP contribution in [0.1, 0.15) is 18.1 Å². The molecular formula is C28H24FN3O3S. The second kappa shape index (κ2) is 11.6. The third-order valence-electron chi connectivity index (χ3n) is 5.54. The number of benzene rings is 3. The van der Waals surface area contributed by atoms with Gasteiger partial charge in [0.2, 0.25) is 5.91 Å². The fourth-order valence-corrected chi connectivity index (χ4v) is 5.09. The van der Waals surface area contributed by atoms with Crippen LogP contribution in [0, 0.1) is 17.1 Å². The van der Waals surface area contributed by atoms with Crippen LogP contribution >= 0.6 is 11.8 Å². The summed E-state index contributed by atoms with van der Waals surface area (Å²) in [5, 5.41) is 12.4. The van der Waals surface area contributed by atoms with Crippen LogP contribution in [0.25, 0.3) is 0 Å². The van der Waals surface area contributed by atoms with Gasteiger partial charge < -0.3 is 10.1 Å². The number of nitrogens with zero attached hydrogens (tertiary/aromatic N) is 2. The molecule has 0 radical (unpaired) electrons. The Labute approximate surface area is 213 Å². The van der Waals surface area contributed by atoms with Crippen molar-refractivity contribution in [2.24, 2.45) is 0 Å². The molecule has 0 spiro atoms. The minimum Gasteiger partial charge on any atom is -0.494 e. The number of hydrogen-bond donors (Lipinski definition) is 1. The maximum atomic E-state index is 13.5. The molecule has 6 nitrogen and oxygen atoms in total. The van der Waals surface area contributed by atoms with Gasteiger partial charge in [0.1, 0.15) is 28.2 Å². The molecule has 4 rings (SSSR count). The highest BCUT2D eigenvalue weighted by atomic mass is 32.2. The monoisotopic (exact) mass is 501 g/mol. The van der Waals surface area contributed by atoms with Crippen molar-refractivity contribution < 1.29 is 18.7 Å². The number of amides is 2. The molecule has 0 saturated carbocycles. The van der Waals surface area contributed by atoms with Crippen LogP contribution in [0.3, 0.4) is 0 Å². The topological polar surface area (TPSA) is 82.4 Å². The number of nitrogens with one attached hydrogen (secondary N) is 1. The van der Waals surface area contributed by atoms with E-state index in [0.717, 1.165) is 11.1 Å². The first-order valence-corrected chi connectivity index (χ1v) is 12.3. The van der Waals surface area contributed by atoms with Crippen molar-refractivity contribution in [2.75, 3.05) is 11.5 Å². The molecule has 0 aromatic heterocycles. The van der Waals surface area contributed by atoms with Gasteiger partial charge in [-0.15, -0.1) is 0 Å². The fourth-order valence-electron chi connectivity index (χ4n) is 3.78. The van der Waals surface area contributed by atoms with E-state index in [1.807, 2.05) is 43.3 Å². The third kappa shape index (κ3) is 5.75. The number of nitriles is 1. The lowest BCUT2D eigenvalue weighted by Crippen LogP contribution is -2.32. The molecule has 1 aliphatic heterocycles. The molecule has 1 unspecified atom stereocenters. The van der Waals surface area contributed by atoms with E-state index in [2.05, 4.69) is 5.32 Å². The molecule has 2 amide bonds. The van der Waals surface area contributed by atoms with E-state index in [9.17, 15) is 19.2 Å². The first-order chi connectivity index (χ1) is 17.5. The Morgan fingerprint density at radius 3 is 2.39 bits per heavy atom. The molecule has 3 aromatic carbocycles. The van der Waals surface area contributed by atoms with Gasteiger partial charge in [-0.05, 0) is 60.9 Å². The van der Waals surface area contributed by atoms with E-state index in [-0.39, 0.29) is 28.9 Å². The minimum absolute atomic E-state index is 0.139. The molecule has 1 atom stereocenters. The zero-order valence-corrected chi connectivity index (χ0v) is 20.4. The van der Waals surface area contributed by atoms with Crippen LogP contribution in [-0.2, 0) is 22.6 Å². The lowest BCUT2D eigenvalue weighted by Gasteiger charge is -2.19. The maximum Gasteiger partial charge on any atom is 0.264 e. The quantitative estimate of drug-likeness (QED) is 0.348. The Morgan fingerprint density at radius 1 is 1.06 bits per heavy atom. The summed E-state index contributed by atoms with van der Waals surface area (Å²) in [5.74, 6) is -0.528. The van der Waals surface area contributed by atoms with E-state index in [4.69, 9.17) is 4.74 Å². The molecular weight excluding hydrogens is 477 g/mol. The van der Waals surface area contributed by atoms with Gasteiger partial charge in [-0.3, -0.25) is 14.5 Å². The SMILES string of the molecule is CCOc1ccc(N2C(=O)C(Cc3ccc(F)cc3)S/C2=C(/C#N)C(=O)NCc2ccccc2)cc1. The predicted molar refractivity (Wildman–Crippen MR) is 138 cm³/mol. The van der Waals surface area contributed by atoms with Gasteiger partial charge in [-0.25, -0.2) is 4.39 Å². The number of carbonyl (C=O) groups excluding carboxylic acids is 2. The summed E-state index contributed by atoms with van der Waals surface area (Å²) >= 11 is 1.17. The summed E-state index contributed by atoms with van der Waals surface area (Å²) in [4.78, 5) is 28.0. The van der Waals surface area contributed by atoms with Crippen LogP contribution in [0.15, 0.2) is 89.5 Å². The zero-order valence-electron chi connectivity index (χ0n) is 19.6. The summed E-state index contributed by atoms with van der Waals surface area (Å²) in [6.45, 7) is 2.63. The minimum atomic E-state index is -0.581. The van der Waals surface area contributed by atoms with E-state index >= 15 is 0 Å². The first kappa shape index (κ1) is 25.0. The van der Waals surface area contributed by atoms with Gasteiger partial charge in [-0.1, -0.05) is 54.2 Å². The van der Waals surface area contributed by atoms with Crippen LogP contribution in [0.4, 0.5) is 10.1 Å². The van der Waals surface area contributed by atoms with Crippen molar-refractivity contribution in [1.29, 1.82) is 5.26 Å². The highest BCUT2D eigenvalue weighted by molar-refractivity contribution is 8.05. The van der Waals surface area contributed by atoms with Gasteiger partial charge in [0.25, 0.3) is 5.91 Å². The molecule has 3 aromatic rings.